The lowest BCUT2D eigenvalue weighted by molar-refractivity contribution is 0.0962. The number of nitrogen functional groups attached to an aromatic ring is 1. The zero-order chi connectivity index (χ0) is 13.8. The van der Waals surface area contributed by atoms with Gasteiger partial charge in [-0.1, -0.05) is 0 Å². The number of carbonyl (C=O) groups is 2. The molecule has 0 fully saturated rings. The molecule has 0 saturated carbocycles. The molecule has 98 valence electrons. The molecule has 1 heterocycles. The van der Waals surface area contributed by atoms with E-state index in [0.29, 0.717) is 21.8 Å². The summed E-state index contributed by atoms with van der Waals surface area (Å²) in [6, 6.07) is 8.32. The van der Waals surface area contributed by atoms with Crippen LogP contribution in [0, 0.1) is 0 Å². The lowest BCUT2D eigenvalue weighted by Crippen LogP contribution is -2.17. The van der Waals surface area contributed by atoms with Crippen LogP contribution in [-0.4, -0.2) is 18.9 Å². The first-order valence-electron chi connectivity index (χ1n) is 5.58. The molecule has 2 aromatic rings. The molecule has 0 spiro atoms. The van der Waals surface area contributed by atoms with Crippen LogP contribution >= 0.6 is 11.3 Å². The fourth-order valence-electron chi connectivity index (χ4n) is 1.54. The third-order valence-corrected chi connectivity index (χ3v) is 3.46. The van der Waals surface area contributed by atoms with Crippen molar-refractivity contribution in [1.82, 2.24) is 5.32 Å². The van der Waals surface area contributed by atoms with E-state index in [1.807, 2.05) is 0 Å². The number of amides is 2. The van der Waals surface area contributed by atoms with Gasteiger partial charge in [0.05, 0.1) is 5.69 Å². The smallest absolute Gasteiger partial charge is 0.267 e. The van der Waals surface area contributed by atoms with E-state index in [-0.39, 0.29) is 11.8 Å². The van der Waals surface area contributed by atoms with E-state index in [9.17, 15) is 9.59 Å². The second kappa shape index (κ2) is 5.53. The standard InChI is InChI=1S/C13H13N3O2S/c1-15-12(17)8-2-4-9(5-3-8)16-13(18)11-10(14)6-7-19-11/h2-7H,14H2,1H3,(H,15,17)(H,16,18). The monoisotopic (exact) mass is 275 g/mol. The average Bonchev–Trinajstić information content (AvgIpc) is 2.85. The average molecular weight is 275 g/mol. The second-order valence-electron chi connectivity index (χ2n) is 3.82. The molecule has 0 saturated heterocycles. The summed E-state index contributed by atoms with van der Waals surface area (Å²) in [6.45, 7) is 0. The Morgan fingerprint density at radius 2 is 1.79 bits per heavy atom. The zero-order valence-electron chi connectivity index (χ0n) is 10.3. The van der Waals surface area contributed by atoms with Crippen LogP contribution in [0.3, 0.4) is 0 Å². The predicted molar refractivity (Wildman–Crippen MR) is 76.5 cm³/mol. The molecule has 0 bridgehead atoms. The summed E-state index contributed by atoms with van der Waals surface area (Å²) in [5.41, 5.74) is 7.29. The molecule has 5 nitrogen and oxygen atoms in total. The molecule has 1 aromatic heterocycles. The van der Waals surface area contributed by atoms with E-state index in [1.54, 1.807) is 42.8 Å². The number of rotatable bonds is 3. The maximum Gasteiger partial charge on any atom is 0.267 e. The van der Waals surface area contributed by atoms with Crippen LogP contribution in [0.2, 0.25) is 0 Å². The van der Waals surface area contributed by atoms with Crippen molar-refractivity contribution in [1.29, 1.82) is 0 Å². The number of anilines is 2. The van der Waals surface area contributed by atoms with Crippen molar-refractivity contribution >= 4 is 34.5 Å². The Kier molecular flexibility index (Phi) is 3.82. The highest BCUT2D eigenvalue weighted by atomic mass is 32.1. The van der Waals surface area contributed by atoms with Crippen LogP contribution in [0.4, 0.5) is 11.4 Å². The lowest BCUT2D eigenvalue weighted by atomic mass is 10.2. The van der Waals surface area contributed by atoms with Crippen molar-refractivity contribution in [2.24, 2.45) is 0 Å². The van der Waals surface area contributed by atoms with Gasteiger partial charge in [0.25, 0.3) is 11.8 Å². The molecule has 0 aliphatic heterocycles. The van der Waals surface area contributed by atoms with Gasteiger partial charge in [-0.15, -0.1) is 11.3 Å². The maximum atomic E-state index is 11.9. The number of hydrogen-bond donors (Lipinski definition) is 3. The molecule has 0 unspecified atom stereocenters. The van der Waals surface area contributed by atoms with Gasteiger partial charge in [0.1, 0.15) is 4.88 Å². The minimum Gasteiger partial charge on any atom is -0.397 e. The summed E-state index contributed by atoms with van der Waals surface area (Å²) >= 11 is 1.29. The Morgan fingerprint density at radius 1 is 1.11 bits per heavy atom. The molecule has 4 N–H and O–H groups in total. The summed E-state index contributed by atoms with van der Waals surface area (Å²) < 4.78 is 0. The fraction of sp³-hybridized carbons (Fsp3) is 0.0769. The van der Waals surface area contributed by atoms with Crippen molar-refractivity contribution in [3.8, 4) is 0 Å². The maximum absolute atomic E-state index is 11.9. The van der Waals surface area contributed by atoms with Gasteiger partial charge in [0.15, 0.2) is 0 Å². The molecule has 2 amide bonds. The summed E-state index contributed by atoms with van der Waals surface area (Å²) in [7, 11) is 1.57. The summed E-state index contributed by atoms with van der Waals surface area (Å²) in [6.07, 6.45) is 0. The highest BCUT2D eigenvalue weighted by Gasteiger charge is 2.11. The zero-order valence-corrected chi connectivity index (χ0v) is 11.1. The number of nitrogens with two attached hydrogens (primary N) is 1. The third-order valence-electron chi connectivity index (χ3n) is 2.53. The van der Waals surface area contributed by atoms with Gasteiger partial charge < -0.3 is 16.4 Å². The van der Waals surface area contributed by atoms with Crippen molar-refractivity contribution in [3.63, 3.8) is 0 Å². The number of nitrogens with one attached hydrogen (secondary N) is 2. The minimum atomic E-state index is -0.250. The van der Waals surface area contributed by atoms with Crippen LogP contribution in [0.25, 0.3) is 0 Å². The van der Waals surface area contributed by atoms with E-state index in [1.165, 1.54) is 11.3 Å². The Hall–Kier alpha value is -2.34. The Bertz CT molecular complexity index is 605. The van der Waals surface area contributed by atoms with Crippen molar-refractivity contribution in [3.05, 3.63) is 46.2 Å². The van der Waals surface area contributed by atoms with Gasteiger partial charge in [-0.3, -0.25) is 9.59 Å². The second-order valence-corrected chi connectivity index (χ2v) is 4.73. The van der Waals surface area contributed by atoms with Crippen LogP contribution < -0.4 is 16.4 Å². The van der Waals surface area contributed by atoms with Gasteiger partial charge in [0.2, 0.25) is 0 Å². The first-order chi connectivity index (χ1) is 9.11. The van der Waals surface area contributed by atoms with Gasteiger partial charge in [-0.25, -0.2) is 0 Å². The molecule has 2 rings (SSSR count). The molecule has 19 heavy (non-hydrogen) atoms. The minimum absolute atomic E-state index is 0.166. The normalized spacial score (nSPS) is 9.95. The van der Waals surface area contributed by atoms with Gasteiger partial charge in [-0.05, 0) is 35.7 Å². The molecule has 0 atom stereocenters. The molecule has 0 aliphatic rings. The number of carbonyl (C=O) groups excluding carboxylic acids is 2. The topological polar surface area (TPSA) is 84.2 Å². The number of hydrogen-bond acceptors (Lipinski definition) is 4. The van der Waals surface area contributed by atoms with Crippen LogP contribution in [0.5, 0.6) is 0 Å². The lowest BCUT2D eigenvalue weighted by Gasteiger charge is -2.05. The van der Waals surface area contributed by atoms with Gasteiger partial charge >= 0.3 is 0 Å². The largest absolute Gasteiger partial charge is 0.397 e. The van der Waals surface area contributed by atoms with Gasteiger partial charge in [0, 0.05) is 18.3 Å². The van der Waals surface area contributed by atoms with E-state index in [2.05, 4.69) is 10.6 Å². The first-order valence-corrected chi connectivity index (χ1v) is 6.46. The Balaban J connectivity index is 2.10. The van der Waals surface area contributed by atoms with Crippen LogP contribution in [0.1, 0.15) is 20.0 Å². The van der Waals surface area contributed by atoms with E-state index in [0.717, 1.165) is 0 Å². The molecular weight excluding hydrogens is 262 g/mol. The van der Waals surface area contributed by atoms with Gasteiger partial charge in [-0.2, -0.15) is 0 Å². The molecule has 6 heteroatoms. The molecule has 1 aromatic carbocycles. The van der Waals surface area contributed by atoms with Crippen LogP contribution in [-0.2, 0) is 0 Å². The SMILES string of the molecule is CNC(=O)c1ccc(NC(=O)c2sccc2N)cc1. The van der Waals surface area contributed by atoms with E-state index < -0.39 is 0 Å². The quantitative estimate of drug-likeness (QED) is 0.800. The van der Waals surface area contributed by atoms with Crippen LogP contribution in [0.15, 0.2) is 35.7 Å². The highest BCUT2D eigenvalue weighted by Crippen LogP contribution is 2.20. The first kappa shape index (κ1) is 13.1. The number of benzene rings is 1. The fourth-order valence-corrected chi connectivity index (χ4v) is 2.25. The summed E-state index contributed by atoms with van der Waals surface area (Å²) in [5, 5.41) is 7.02. The third kappa shape index (κ3) is 2.92. The summed E-state index contributed by atoms with van der Waals surface area (Å²) in [5.74, 6) is -0.416. The highest BCUT2D eigenvalue weighted by molar-refractivity contribution is 7.12. The van der Waals surface area contributed by atoms with Crippen molar-refractivity contribution < 1.29 is 9.59 Å². The predicted octanol–water partition coefficient (Wildman–Crippen LogP) is 1.94. The van der Waals surface area contributed by atoms with E-state index in [4.69, 9.17) is 5.73 Å². The van der Waals surface area contributed by atoms with Crippen molar-refractivity contribution in [2.45, 2.75) is 0 Å². The summed E-state index contributed by atoms with van der Waals surface area (Å²) in [4.78, 5) is 23.8. The van der Waals surface area contributed by atoms with E-state index >= 15 is 0 Å². The van der Waals surface area contributed by atoms with Crippen molar-refractivity contribution in [2.75, 3.05) is 18.1 Å². The molecular formula is C13H13N3O2S. The molecule has 0 radical (unpaired) electrons. The molecule has 0 aliphatic carbocycles. The number of thiophene rings is 1. The Morgan fingerprint density at radius 3 is 2.32 bits per heavy atom. The Labute approximate surface area is 114 Å².